The van der Waals surface area contributed by atoms with Gasteiger partial charge in [-0.05, 0) is 62.1 Å². The van der Waals surface area contributed by atoms with Crippen LogP contribution >= 0.6 is 24.0 Å². The second kappa shape index (κ2) is 11.3. The van der Waals surface area contributed by atoms with E-state index in [1.54, 1.807) is 37.3 Å². The monoisotopic (exact) mass is 542 g/mol. The summed E-state index contributed by atoms with van der Waals surface area (Å²) >= 11 is 6.05. The Hall–Kier alpha value is -2.42. The summed E-state index contributed by atoms with van der Waals surface area (Å²) in [6, 6.07) is 13.0. The predicted molar refractivity (Wildman–Crippen MR) is 135 cm³/mol. The van der Waals surface area contributed by atoms with E-state index in [9.17, 15) is 18.4 Å². The van der Waals surface area contributed by atoms with Crippen LogP contribution in [0.25, 0.3) is 0 Å². The number of nitrogens with one attached hydrogen (secondary N) is 1. The Balaban J connectivity index is 0.00000361. The predicted octanol–water partition coefficient (Wildman–Crippen LogP) is 5.74. The third-order valence-corrected chi connectivity index (χ3v) is 7.32. The van der Waals surface area contributed by atoms with Crippen molar-refractivity contribution in [2.24, 2.45) is 0 Å². The first-order valence-corrected chi connectivity index (χ1v) is 12.2. The van der Waals surface area contributed by atoms with Gasteiger partial charge in [-0.15, -0.1) is 12.4 Å². The number of benzene rings is 2. The molecule has 2 N–H and O–H groups in total. The third-order valence-electron chi connectivity index (χ3n) is 7.09. The molecule has 0 unspecified atom stereocenters. The second-order valence-corrected chi connectivity index (χ2v) is 9.88. The van der Waals surface area contributed by atoms with Gasteiger partial charge in [0.2, 0.25) is 11.8 Å². The lowest BCUT2D eigenvalue weighted by Gasteiger charge is -2.45. The molecular formula is C26H30Cl2F2N2O4. The Bertz CT molecular complexity index is 1070. The maximum atomic E-state index is 14.1. The fourth-order valence-corrected chi connectivity index (χ4v) is 5.17. The number of likely N-dealkylation sites (tertiary alicyclic amines) is 1. The normalized spacial score (nSPS) is 21.7. The first-order valence-electron chi connectivity index (χ1n) is 11.8. The van der Waals surface area contributed by atoms with Crippen molar-refractivity contribution in [1.29, 1.82) is 0 Å². The third kappa shape index (κ3) is 6.28. The quantitative estimate of drug-likeness (QED) is 0.466. The molecule has 1 aliphatic carbocycles. The van der Waals surface area contributed by atoms with Crippen molar-refractivity contribution in [3.05, 3.63) is 64.7 Å². The van der Waals surface area contributed by atoms with Gasteiger partial charge in [-0.1, -0.05) is 29.8 Å². The van der Waals surface area contributed by atoms with Crippen LogP contribution in [0.15, 0.2) is 48.5 Å². The van der Waals surface area contributed by atoms with E-state index >= 15 is 0 Å². The highest BCUT2D eigenvalue weighted by Crippen LogP contribution is 2.43. The van der Waals surface area contributed by atoms with Gasteiger partial charge in [-0.3, -0.25) is 9.69 Å². The van der Waals surface area contributed by atoms with Crippen LogP contribution in [0.3, 0.4) is 0 Å². The molecule has 0 bridgehead atoms. The number of carbonyl (C=O) groups excluding carboxylic acids is 1. The summed E-state index contributed by atoms with van der Waals surface area (Å²) in [5.74, 6) is -3.46. The summed E-state index contributed by atoms with van der Waals surface area (Å²) in [5, 5.41) is 12.7. The number of carboxylic acids is 1. The molecule has 196 valence electrons. The molecule has 2 fully saturated rings. The molecular weight excluding hydrogens is 513 g/mol. The molecule has 1 aliphatic heterocycles. The van der Waals surface area contributed by atoms with E-state index < -0.39 is 23.5 Å². The van der Waals surface area contributed by atoms with Crippen molar-refractivity contribution in [1.82, 2.24) is 10.2 Å². The first kappa shape index (κ1) is 28.2. The van der Waals surface area contributed by atoms with Gasteiger partial charge in [0.15, 0.2) is 0 Å². The number of alkyl halides is 2. The number of carbonyl (C=O) groups is 2. The van der Waals surface area contributed by atoms with Crippen LogP contribution in [0, 0.1) is 0 Å². The van der Waals surface area contributed by atoms with E-state index in [1.807, 2.05) is 11.0 Å². The van der Waals surface area contributed by atoms with Gasteiger partial charge in [0.25, 0.3) is 0 Å². The van der Waals surface area contributed by atoms with Crippen LogP contribution in [-0.2, 0) is 4.79 Å². The molecule has 2 atom stereocenters. The molecule has 0 spiro atoms. The minimum Gasteiger partial charge on any atom is -0.489 e. The Kier molecular flexibility index (Phi) is 8.85. The Labute approximate surface area is 220 Å². The number of ether oxygens (including phenoxy) is 1. The van der Waals surface area contributed by atoms with Crippen LogP contribution in [0.4, 0.5) is 8.78 Å². The minimum absolute atomic E-state index is 0. The van der Waals surface area contributed by atoms with Gasteiger partial charge in [-0.2, -0.15) is 0 Å². The zero-order valence-electron chi connectivity index (χ0n) is 19.9. The maximum Gasteiger partial charge on any atom is 0.335 e. The summed E-state index contributed by atoms with van der Waals surface area (Å²) in [4.78, 5) is 26.7. The zero-order chi connectivity index (χ0) is 25.2. The minimum atomic E-state index is -2.78. The van der Waals surface area contributed by atoms with E-state index in [1.165, 1.54) is 12.1 Å². The molecule has 4 rings (SSSR count). The van der Waals surface area contributed by atoms with E-state index in [0.29, 0.717) is 30.3 Å². The van der Waals surface area contributed by atoms with Crippen molar-refractivity contribution in [2.45, 2.75) is 62.6 Å². The van der Waals surface area contributed by atoms with Crippen LogP contribution < -0.4 is 10.1 Å². The lowest BCUT2D eigenvalue weighted by Crippen LogP contribution is -2.61. The van der Waals surface area contributed by atoms with Gasteiger partial charge in [0.1, 0.15) is 17.4 Å². The van der Waals surface area contributed by atoms with Gasteiger partial charge < -0.3 is 15.2 Å². The summed E-state index contributed by atoms with van der Waals surface area (Å²) in [6.45, 7) is 2.81. The molecule has 6 nitrogen and oxygen atoms in total. The number of nitrogens with zero attached hydrogens (tertiary/aromatic N) is 1. The van der Waals surface area contributed by atoms with Gasteiger partial charge in [0, 0.05) is 31.0 Å². The van der Waals surface area contributed by atoms with Gasteiger partial charge >= 0.3 is 5.97 Å². The molecule has 0 radical (unpaired) electrons. The number of amides is 1. The lowest BCUT2D eigenvalue weighted by molar-refractivity contribution is -0.143. The molecule has 0 aromatic heterocycles. The fraction of sp³-hybridized carbons (Fsp3) is 0.462. The molecule has 2 aromatic carbocycles. The fourth-order valence-electron chi connectivity index (χ4n) is 4.99. The average Bonchev–Trinajstić information content (AvgIpc) is 3.28. The van der Waals surface area contributed by atoms with E-state index in [0.717, 1.165) is 5.56 Å². The number of aromatic carboxylic acids is 1. The molecule has 10 heteroatoms. The van der Waals surface area contributed by atoms with Gasteiger partial charge in [-0.25, -0.2) is 13.6 Å². The standard InChI is InChI=1S/C26H29ClF2N2O4.ClH/c1-17(18-5-7-19(8-6-18)23(32)33)30-24(34)25(10-12-26(28,29)13-11-25)31-14-9-22(16-31)35-21-4-2-3-20(27)15-21;/h2-8,15,17,22H,9-14,16H2,1H3,(H,30,34)(H,32,33);1H/t17-,22+;/m0./s1. The Morgan fingerprint density at radius 1 is 1.14 bits per heavy atom. The first-order chi connectivity index (χ1) is 16.6. The van der Waals surface area contributed by atoms with E-state index in [-0.39, 0.29) is 55.7 Å². The number of halogens is 4. The van der Waals surface area contributed by atoms with Gasteiger partial charge in [0.05, 0.1) is 11.6 Å². The molecule has 1 heterocycles. The number of hydrogen-bond donors (Lipinski definition) is 2. The average molecular weight is 543 g/mol. The summed E-state index contributed by atoms with van der Waals surface area (Å²) in [6.07, 6.45) is -0.0940. The molecule has 36 heavy (non-hydrogen) atoms. The topological polar surface area (TPSA) is 78.9 Å². The van der Waals surface area contributed by atoms with Crippen molar-refractivity contribution in [3.63, 3.8) is 0 Å². The van der Waals surface area contributed by atoms with Crippen LogP contribution in [0.1, 0.15) is 61.0 Å². The lowest BCUT2D eigenvalue weighted by atomic mass is 9.77. The largest absolute Gasteiger partial charge is 0.489 e. The zero-order valence-corrected chi connectivity index (χ0v) is 21.5. The molecule has 1 amide bonds. The van der Waals surface area contributed by atoms with Crippen LogP contribution in [0.2, 0.25) is 5.02 Å². The maximum absolute atomic E-state index is 14.1. The Morgan fingerprint density at radius 2 is 1.81 bits per heavy atom. The molecule has 2 aromatic rings. The number of carboxylic acid groups (broad SMARTS) is 1. The highest BCUT2D eigenvalue weighted by molar-refractivity contribution is 6.30. The second-order valence-electron chi connectivity index (χ2n) is 9.44. The Morgan fingerprint density at radius 3 is 2.42 bits per heavy atom. The molecule has 1 saturated carbocycles. The smallest absolute Gasteiger partial charge is 0.335 e. The van der Waals surface area contributed by atoms with E-state index in [4.69, 9.17) is 21.4 Å². The molecule has 2 aliphatic rings. The van der Waals surface area contributed by atoms with Crippen LogP contribution in [-0.4, -0.2) is 52.5 Å². The number of hydrogen-bond acceptors (Lipinski definition) is 4. The SMILES string of the molecule is C[C@H](NC(=O)C1(N2CC[C@@H](Oc3cccc(Cl)c3)C2)CCC(F)(F)CC1)c1ccc(C(=O)O)cc1.Cl. The summed E-state index contributed by atoms with van der Waals surface area (Å²) < 4.78 is 34.3. The molecule has 1 saturated heterocycles. The van der Waals surface area contributed by atoms with E-state index in [2.05, 4.69) is 5.32 Å². The van der Waals surface area contributed by atoms with Crippen molar-refractivity contribution in [3.8, 4) is 5.75 Å². The summed E-state index contributed by atoms with van der Waals surface area (Å²) in [7, 11) is 0. The van der Waals surface area contributed by atoms with Crippen molar-refractivity contribution < 1.29 is 28.2 Å². The number of rotatable bonds is 7. The highest BCUT2D eigenvalue weighted by Gasteiger charge is 2.53. The van der Waals surface area contributed by atoms with Crippen molar-refractivity contribution >= 4 is 35.9 Å². The van der Waals surface area contributed by atoms with Crippen molar-refractivity contribution in [2.75, 3.05) is 13.1 Å². The highest BCUT2D eigenvalue weighted by atomic mass is 35.5. The van der Waals surface area contributed by atoms with Crippen LogP contribution in [0.5, 0.6) is 5.75 Å². The summed E-state index contributed by atoms with van der Waals surface area (Å²) in [5.41, 5.74) is -0.159.